The van der Waals surface area contributed by atoms with Gasteiger partial charge in [-0.05, 0) is 57.5 Å². The third kappa shape index (κ3) is 5.61. The molecular formula is C24H27BrN2O6S. The Morgan fingerprint density at radius 2 is 1.76 bits per heavy atom. The van der Waals surface area contributed by atoms with Crippen molar-refractivity contribution in [1.82, 2.24) is 9.29 Å². The molecule has 8 nitrogen and oxygen atoms in total. The summed E-state index contributed by atoms with van der Waals surface area (Å²) >= 11 is 3.49. The number of alkyl carbamates (subject to hydrolysis) is 1. The number of hydrogen-bond acceptors (Lipinski definition) is 6. The Labute approximate surface area is 207 Å². The van der Waals surface area contributed by atoms with Crippen molar-refractivity contribution in [3.05, 3.63) is 64.3 Å². The number of aryl methyl sites for hydroxylation is 1. The highest BCUT2D eigenvalue weighted by Gasteiger charge is 2.29. The van der Waals surface area contributed by atoms with Gasteiger partial charge in [0.2, 0.25) is 0 Å². The number of halogens is 1. The highest BCUT2D eigenvalue weighted by molar-refractivity contribution is 9.10. The zero-order chi connectivity index (χ0) is 25.3. The zero-order valence-corrected chi connectivity index (χ0v) is 22.0. The molecule has 3 aromatic rings. The van der Waals surface area contributed by atoms with E-state index in [-0.39, 0.29) is 11.3 Å². The largest absolute Gasteiger partial charge is 0.467 e. The minimum Gasteiger partial charge on any atom is -0.467 e. The Hall–Kier alpha value is -2.85. The minimum atomic E-state index is -3.92. The standard InChI is InChI=1S/C24H27BrN2O6S/c1-15-9-11-17(12-10-15)34(30,31)27-14-16(21-18(25)7-6-8-20(21)27)13-19(22(28)32-5)26-23(29)33-24(2,3)4/h6-12,14,19H,13H2,1-5H3,(H,26,29)/t19-/m0/s1. The summed E-state index contributed by atoms with van der Waals surface area (Å²) in [5, 5.41) is 3.14. The van der Waals surface area contributed by atoms with Crippen molar-refractivity contribution in [1.29, 1.82) is 0 Å². The van der Waals surface area contributed by atoms with Gasteiger partial charge in [0.15, 0.2) is 0 Å². The monoisotopic (exact) mass is 550 g/mol. The van der Waals surface area contributed by atoms with E-state index in [1.807, 2.05) is 6.92 Å². The first-order valence-corrected chi connectivity index (χ1v) is 12.7. The Morgan fingerprint density at radius 3 is 2.35 bits per heavy atom. The summed E-state index contributed by atoms with van der Waals surface area (Å²) in [5.41, 5.74) is 1.15. The third-order valence-electron chi connectivity index (χ3n) is 5.00. The molecule has 182 valence electrons. The lowest BCUT2D eigenvalue weighted by Crippen LogP contribution is -2.45. The fourth-order valence-electron chi connectivity index (χ4n) is 3.47. The molecule has 1 heterocycles. The second-order valence-corrected chi connectivity index (χ2v) is 11.5. The summed E-state index contributed by atoms with van der Waals surface area (Å²) in [4.78, 5) is 24.9. The first kappa shape index (κ1) is 25.8. The summed E-state index contributed by atoms with van der Waals surface area (Å²) in [6, 6.07) is 10.7. The predicted octanol–water partition coefficient (Wildman–Crippen LogP) is 4.56. The van der Waals surface area contributed by atoms with Crippen molar-refractivity contribution < 1.29 is 27.5 Å². The fourth-order valence-corrected chi connectivity index (χ4v) is 5.47. The average Bonchev–Trinajstić information content (AvgIpc) is 3.12. The second-order valence-electron chi connectivity index (χ2n) is 8.83. The Balaban J connectivity index is 2.07. The van der Waals surface area contributed by atoms with E-state index < -0.39 is 33.7 Å². The number of benzene rings is 2. The molecule has 0 aliphatic carbocycles. The fraction of sp³-hybridized carbons (Fsp3) is 0.333. The van der Waals surface area contributed by atoms with Crippen LogP contribution in [0.25, 0.3) is 10.9 Å². The molecular weight excluding hydrogens is 524 g/mol. The topological polar surface area (TPSA) is 104 Å². The maximum atomic E-state index is 13.5. The maximum Gasteiger partial charge on any atom is 0.408 e. The quantitative estimate of drug-likeness (QED) is 0.451. The van der Waals surface area contributed by atoms with Crippen LogP contribution >= 0.6 is 15.9 Å². The Bertz CT molecular complexity index is 1320. The van der Waals surface area contributed by atoms with Crippen LogP contribution in [0.4, 0.5) is 4.79 Å². The van der Waals surface area contributed by atoms with Crippen LogP contribution in [-0.2, 0) is 30.7 Å². The molecule has 2 aromatic carbocycles. The molecule has 0 unspecified atom stereocenters. The minimum absolute atomic E-state index is 0.0125. The molecule has 3 rings (SSSR count). The summed E-state index contributed by atoms with van der Waals surface area (Å²) in [5.74, 6) is -0.680. The lowest BCUT2D eigenvalue weighted by atomic mass is 10.1. The second kappa shape index (κ2) is 9.79. The number of aromatic nitrogens is 1. The van der Waals surface area contributed by atoms with E-state index in [2.05, 4.69) is 21.2 Å². The van der Waals surface area contributed by atoms with Crippen LogP contribution in [-0.4, -0.2) is 43.2 Å². The molecule has 0 saturated carbocycles. The van der Waals surface area contributed by atoms with Crippen LogP contribution in [0.5, 0.6) is 0 Å². The molecule has 0 spiro atoms. The maximum absolute atomic E-state index is 13.5. The first-order chi connectivity index (χ1) is 15.8. The van der Waals surface area contributed by atoms with E-state index in [1.165, 1.54) is 17.3 Å². The molecule has 0 aliphatic heterocycles. The van der Waals surface area contributed by atoms with Crippen molar-refractivity contribution in [2.45, 2.75) is 50.7 Å². The van der Waals surface area contributed by atoms with Crippen LogP contribution in [0.2, 0.25) is 0 Å². The number of fused-ring (bicyclic) bond motifs is 1. The van der Waals surface area contributed by atoms with Crippen molar-refractivity contribution >= 4 is 48.9 Å². The number of ether oxygens (including phenoxy) is 2. The number of nitrogens with zero attached hydrogens (tertiary/aromatic N) is 1. The van der Waals surface area contributed by atoms with E-state index in [0.29, 0.717) is 20.9 Å². The molecule has 34 heavy (non-hydrogen) atoms. The van der Waals surface area contributed by atoms with Crippen LogP contribution in [0, 0.1) is 6.92 Å². The molecule has 1 N–H and O–H groups in total. The van der Waals surface area contributed by atoms with Gasteiger partial charge in [0.05, 0.1) is 17.5 Å². The van der Waals surface area contributed by atoms with E-state index in [0.717, 1.165) is 5.56 Å². The van der Waals surface area contributed by atoms with Gasteiger partial charge >= 0.3 is 12.1 Å². The number of carbonyl (C=O) groups is 2. The van der Waals surface area contributed by atoms with Gasteiger partial charge in [0, 0.05) is 22.5 Å². The van der Waals surface area contributed by atoms with Crippen molar-refractivity contribution in [3.8, 4) is 0 Å². The lowest BCUT2D eigenvalue weighted by molar-refractivity contribution is -0.143. The highest BCUT2D eigenvalue weighted by Crippen LogP contribution is 2.32. The smallest absolute Gasteiger partial charge is 0.408 e. The number of rotatable bonds is 6. The van der Waals surface area contributed by atoms with Gasteiger partial charge in [-0.2, -0.15) is 0 Å². The molecule has 0 fully saturated rings. The first-order valence-electron chi connectivity index (χ1n) is 10.5. The van der Waals surface area contributed by atoms with E-state index in [4.69, 9.17) is 9.47 Å². The number of esters is 1. The predicted molar refractivity (Wildman–Crippen MR) is 132 cm³/mol. The van der Waals surface area contributed by atoms with Crippen molar-refractivity contribution in [2.75, 3.05) is 7.11 Å². The zero-order valence-electron chi connectivity index (χ0n) is 19.6. The van der Waals surface area contributed by atoms with Gasteiger partial charge in [0.1, 0.15) is 11.6 Å². The lowest BCUT2D eigenvalue weighted by Gasteiger charge is -2.22. The number of hydrogen-bond donors (Lipinski definition) is 1. The molecule has 0 saturated heterocycles. The SMILES string of the molecule is COC(=O)[C@H](Cc1cn(S(=O)(=O)c2ccc(C)cc2)c2cccc(Br)c12)NC(=O)OC(C)(C)C. The van der Waals surface area contributed by atoms with Crippen LogP contribution < -0.4 is 5.32 Å². The number of amides is 1. The van der Waals surface area contributed by atoms with Crippen molar-refractivity contribution in [2.24, 2.45) is 0 Å². The average molecular weight is 551 g/mol. The molecule has 1 amide bonds. The molecule has 0 bridgehead atoms. The third-order valence-corrected chi connectivity index (χ3v) is 7.35. The summed E-state index contributed by atoms with van der Waals surface area (Å²) in [7, 11) is -2.70. The van der Waals surface area contributed by atoms with E-state index in [9.17, 15) is 18.0 Å². The number of carbonyl (C=O) groups excluding carboxylic acids is 2. The normalized spacial score (nSPS) is 12.9. The van der Waals surface area contributed by atoms with Crippen LogP contribution in [0.3, 0.4) is 0 Å². The Kier molecular flexibility index (Phi) is 7.42. The van der Waals surface area contributed by atoms with Gasteiger partial charge in [-0.15, -0.1) is 0 Å². The van der Waals surface area contributed by atoms with Gasteiger partial charge in [-0.1, -0.05) is 39.7 Å². The number of methoxy groups -OCH3 is 1. The Morgan fingerprint density at radius 1 is 1.12 bits per heavy atom. The van der Waals surface area contributed by atoms with Gasteiger partial charge < -0.3 is 14.8 Å². The molecule has 1 atom stereocenters. The van der Waals surface area contributed by atoms with Crippen molar-refractivity contribution in [3.63, 3.8) is 0 Å². The molecule has 0 radical (unpaired) electrons. The molecule has 1 aromatic heterocycles. The van der Waals surface area contributed by atoms with Crippen LogP contribution in [0.15, 0.2) is 58.0 Å². The van der Waals surface area contributed by atoms with Gasteiger partial charge in [-0.25, -0.2) is 22.0 Å². The summed E-state index contributed by atoms with van der Waals surface area (Å²) in [6.45, 7) is 7.00. The summed E-state index contributed by atoms with van der Waals surface area (Å²) < 4.78 is 38.9. The highest BCUT2D eigenvalue weighted by atomic mass is 79.9. The van der Waals surface area contributed by atoms with Crippen LogP contribution in [0.1, 0.15) is 31.9 Å². The van der Waals surface area contributed by atoms with Gasteiger partial charge in [0.25, 0.3) is 10.0 Å². The molecule has 10 heteroatoms. The van der Waals surface area contributed by atoms with Gasteiger partial charge in [-0.3, -0.25) is 0 Å². The number of nitrogens with one attached hydrogen (secondary N) is 1. The molecule has 0 aliphatic rings. The van der Waals surface area contributed by atoms with E-state index in [1.54, 1.807) is 63.2 Å². The van der Waals surface area contributed by atoms with E-state index >= 15 is 0 Å². The summed E-state index contributed by atoms with van der Waals surface area (Å²) in [6.07, 6.45) is 0.677.